The number of rotatable bonds is 4. The van der Waals surface area contributed by atoms with Crippen LogP contribution in [-0.4, -0.2) is 43.0 Å². The molecule has 2 amide bonds. The zero-order valence-corrected chi connectivity index (χ0v) is 13.6. The van der Waals surface area contributed by atoms with Crippen molar-refractivity contribution in [1.82, 2.24) is 10.2 Å². The Hall–Kier alpha value is -2.04. The molecule has 124 valence electrons. The molecular formula is C18H24N2O3. The summed E-state index contributed by atoms with van der Waals surface area (Å²) in [5, 5.41) is 3.14. The zero-order chi connectivity index (χ0) is 16.2. The number of amides is 2. The van der Waals surface area contributed by atoms with Crippen molar-refractivity contribution in [3.05, 3.63) is 29.8 Å². The van der Waals surface area contributed by atoms with Gasteiger partial charge in [0.15, 0.2) is 0 Å². The second-order valence-corrected chi connectivity index (χ2v) is 6.43. The van der Waals surface area contributed by atoms with Crippen LogP contribution in [0.5, 0.6) is 5.75 Å². The van der Waals surface area contributed by atoms with Crippen LogP contribution >= 0.6 is 0 Å². The molecule has 5 nitrogen and oxygen atoms in total. The van der Waals surface area contributed by atoms with Gasteiger partial charge in [-0.1, -0.05) is 12.5 Å². The van der Waals surface area contributed by atoms with Gasteiger partial charge in [0.1, 0.15) is 5.75 Å². The molecule has 0 aromatic heterocycles. The number of likely N-dealkylation sites (tertiary alicyclic amines) is 1. The van der Waals surface area contributed by atoms with Crippen LogP contribution in [-0.2, 0) is 4.79 Å². The predicted molar refractivity (Wildman–Crippen MR) is 87.4 cm³/mol. The average molecular weight is 316 g/mol. The second-order valence-electron chi connectivity index (χ2n) is 6.43. The molecule has 23 heavy (non-hydrogen) atoms. The van der Waals surface area contributed by atoms with Gasteiger partial charge in [0.2, 0.25) is 5.91 Å². The lowest BCUT2D eigenvalue weighted by molar-refractivity contribution is -0.128. The van der Waals surface area contributed by atoms with Crippen molar-refractivity contribution in [1.29, 1.82) is 0 Å². The van der Waals surface area contributed by atoms with Gasteiger partial charge in [0.25, 0.3) is 5.91 Å². The lowest BCUT2D eigenvalue weighted by atomic mass is 9.84. The number of hydrogen-bond donors (Lipinski definition) is 1. The smallest absolute Gasteiger partial charge is 0.253 e. The number of ether oxygens (including phenoxy) is 1. The highest BCUT2D eigenvalue weighted by atomic mass is 16.5. The van der Waals surface area contributed by atoms with Gasteiger partial charge >= 0.3 is 0 Å². The fraction of sp³-hybridized carbons (Fsp3) is 0.556. The van der Waals surface area contributed by atoms with Crippen LogP contribution in [0.1, 0.15) is 42.5 Å². The molecule has 2 fully saturated rings. The molecule has 1 heterocycles. The normalized spacial score (nSPS) is 19.1. The lowest BCUT2D eigenvalue weighted by Gasteiger charge is -2.34. The topological polar surface area (TPSA) is 58.6 Å². The molecule has 1 N–H and O–H groups in total. The number of nitrogens with one attached hydrogen (secondary N) is 1. The van der Waals surface area contributed by atoms with Crippen LogP contribution < -0.4 is 10.1 Å². The van der Waals surface area contributed by atoms with Gasteiger partial charge in [0, 0.05) is 30.6 Å². The summed E-state index contributed by atoms with van der Waals surface area (Å²) in [4.78, 5) is 26.4. The summed E-state index contributed by atoms with van der Waals surface area (Å²) in [5.41, 5.74) is 0.654. The number of benzene rings is 1. The molecule has 0 atom stereocenters. The van der Waals surface area contributed by atoms with Crippen molar-refractivity contribution in [2.24, 2.45) is 5.92 Å². The van der Waals surface area contributed by atoms with Crippen molar-refractivity contribution in [3.8, 4) is 5.75 Å². The molecule has 0 bridgehead atoms. The Morgan fingerprint density at radius 2 is 1.91 bits per heavy atom. The number of piperidine rings is 1. The van der Waals surface area contributed by atoms with E-state index in [9.17, 15) is 9.59 Å². The van der Waals surface area contributed by atoms with E-state index in [2.05, 4.69) is 5.32 Å². The molecule has 2 aliphatic rings. The first-order valence-corrected chi connectivity index (χ1v) is 8.41. The Morgan fingerprint density at radius 1 is 1.17 bits per heavy atom. The summed E-state index contributed by atoms with van der Waals surface area (Å²) in [5.74, 6) is 1.16. The molecule has 1 aromatic carbocycles. The van der Waals surface area contributed by atoms with E-state index in [-0.39, 0.29) is 23.8 Å². The highest BCUT2D eigenvalue weighted by Gasteiger charge is 2.29. The average Bonchev–Trinajstić information content (AvgIpc) is 2.53. The molecule has 1 saturated carbocycles. The Morgan fingerprint density at radius 3 is 2.52 bits per heavy atom. The van der Waals surface area contributed by atoms with E-state index in [1.807, 2.05) is 23.1 Å². The largest absolute Gasteiger partial charge is 0.497 e. The Bertz CT molecular complexity index is 575. The summed E-state index contributed by atoms with van der Waals surface area (Å²) in [6.45, 7) is 1.37. The SMILES string of the molecule is COc1cccc(C(=O)N2CCC(NC(=O)C3CCC3)CC2)c1. The van der Waals surface area contributed by atoms with Crippen LogP contribution in [0.25, 0.3) is 0 Å². The number of carbonyl (C=O) groups is 2. The molecular weight excluding hydrogens is 292 g/mol. The van der Waals surface area contributed by atoms with Gasteiger partial charge in [-0.25, -0.2) is 0 Å². The number of nitrogens with zero attached hydrogens (tertiary/aromatic N) is 1. The van der Waals surface area contributed by atoms with E-state index in [0.717, 1.165) is 25.7 Å². The minimum atomic E-state index is 0.0349. The zero-order valence-electron chi connectivity index (χ0n) is 13.6. The van der Waals surface area contributed by atoms with Gasteiger partial charge < -0.3 is 15.0 Å². The van der Waals surface area contributed by atoms with E-state index in [0.29, 0.717) is 24.4 Å². The first-order valence-electron chi connectivity index (χ1n) is 8.41. The second kappa shape index (κ2) is 7.02. The van der Waals surface area contributed by atoms with Crippen molar-refractivity contribution in [2.75, 3.05) is 20.2 Å². The fourth-order valence-electron chi connectivity index (χ4n) is 3.16. The van der Waals surface area contributed by atoms with E-state index >= 15 is 0 Å². The van der Waals surface area contributed by atoms with Gasteiger partial charge in [-0.15, -0.1) is 0 Å². The summed E-state index contributed by atoms with van der Waals surface area (Å²) in [7, 11) is 1.60. The highest BCUT2D eigenvalue weighted by molar-refractivity contribution is 5.94. The maximum absolute atomic E-state index is 12.5. The lowest BCUT2D eigenvalue weighted by Crippen LogP contribution is -2.48. The number of carbonyl (C=O) groups excluding carboxylic acids is 2. The van der Waals surface area contributed by atoms with Gasteiger partial charge in [-0.3, -0.25) is 9.59 Å². The maximum Gasteiger partial charge on any atom is 0.253 e. The third-order valence-corrected chi connectivity index (χ3v) is 4.92. The first kappa shape index (κ1) is 15.8. The van der Waals surface area contributed by atoms with Crippen molar-refractivity contribution >= 4 is 11.8 Å². The van der Waals surface area contributed by atoms with Crippen LogP contribution in [0, 0.1) is 5.92 Å². The van der Waals surface area contributed by atoms with Crippen molar-refractivity contribution in [2.45, 2.75) is 38.1 Å². The Kier molecular flexibility index (Phi) is 4.84. The highest BCUT2D eigenvalue weighted by Crippen LogP contribution is 2.27. The molecule has 1 aromatic rings. The molecule has 3 rings (SSSR count). The standard InChI is InChI=1S/C18H24N2O3/c1-23-16-7-3-6-14(12-16)18(22)20-10-8-15(9-11-20)19-17(21)13-4-2-5-13/h3,6-7,12-13,15H,2,4-5,8-11H2,1H3,(H,19,21). The summed E-state index contributed by atoms with van der Waals surface area (Å²) < 4.78 is 5.17. The number of hydrogen-bond acceptors (Lipinski definition) is 3. The summed E-state index contributed by atoms with van der Waals surface area (Å²) in [6, 6.07) is 7.45. The number of methoxy groups -OCH3 is 1. The molecule has 0 radical (unpaired) electrons. The third-order valence-electron chi connectivity index (χ3n) is 4.92. The fourth-order valence-corrected chi connectivity index (χ4v) is 3.16. The van der Waals surface area contributed by atoms with Crippen LogP contribution in [0.2, 0.25) is 0 Å². The molecule has 5 heteroatoms. The summed E-state index contributed by atoms with van der Waals surface area (Å²) >= 11 is 0. The molecule has 1 aliphatic heterocycles. The molecule has 1 aliphatic carbocycles. The van der Waals surface area contributed by atoms with Crippen LogP contribution in [0.4, 0.5) is 0 Å². The van der Waals surface area contributed by atoms with Crippen LogP contribution in [0.15, 0.2) is 24.3 Å². The van der Waals surface area contributed by atoms with E-state index < -0.39 is 0 Å². The molecule has 0 unspecified atom stereocenters. The Labute approximate surface area is 137 Å². The molecule has 1 saturated heterocycles. The predicted octanol–water partition coefficient (Wildman–Crippen LogP) is 2.22. The first-order chi connectivity index (χ1) is 11.2. The minimum absolute atomic E-state index is 0.0349. The van der Waals surface area contributed by atoms with E-state index in [1.165, 1.54) is 6.42 Å². The third kappa shape index (κ3) is 3.66. The van der Waals surface area contributed by atoms with Gasteiger partial charge in [0.05, 0.1) is 7.11 Å². The monoisotopic (exact) mass is 316 g/mol. The molecule has 0 spiro atoms. The Balaban J connectivity index is 1.51. The van der Waals surface area contributed by atoms with Gasteiger partial charge in [-0.2, -0.15) is 0 Å². The van der Waals surface area contributed by atoms with E-state index in [4.69, 9.17) is 4.74 Å². The van der Waals surface area contributed by atoms with Crippen molar-refractivity contribution in [3.63, 3.8) is 0 Å². The maximum atomic E-state index is 12.5. The minimum Gasteiger partial charge on any atom is -0.497 e. The van der Waals surface area contributed by atoms with Gasteiger partial charge in [-0.05, 0) is 43.9 Å². The van der Waals surface area contributed by atoms with E-state index in [1.54, 1.807) is 13.2 Å². The van der Waals surface area contributed by atoms with Crippen LogP contribution in [0.3, 0.4) is 0 Å². The quantitative estimate of drug-likeness (QED) is 0.926. The van der Waals surface area contributed by atoms with Crippen molar-refractivity contribution < 1.29 is 14.3 Å². The summed E-state index contributed by atoms with van der Waals surface area (Å²) in [6.07, 6.45) is 4.88.